The summed E-state index contributed by atoms with van der Waals surface area (Å²) < 4.78 is 0. The zero-order chi connectivity index (χ0) is 12.8. The van der Waals surface area contributed by atoms with Crippen LogP contribution in [0.15, 0.2) is 12.1 Å². The first-order valence-electron chi connectivity index (χ1n) is 6.77. The first kappa shape index (κ1) is 13.2. The van der Waals surface area contributed by atoms with Crippen molar-refractivity contribution in [3.63, 3.8) is 0 Å². The van der Waals surface area contributed by atoms with Crippen molar-refractivity contribution in [3.05, 3.63) is 17.8 Å². The summed E-state index contributed by atoms with van der Waals surface area (Å²) in [5, 5.41) is 15.1. The van der Waals surface area contributed by atoms with Gasteiger partial charge in [0, 0.05) is 32.2 Å². The van der Waals surface area contributed by atoms with Gasteiger partial charge in [0.05, 0.1) is 5.69 Å². The zero-order valence-corrected chi connectivity index (χ0v) is 11.3. The second kappa shape index (κ2) is 6.66. The fraction of sp³-hybridized carbons (Fsp3) is 0.692. The van der Waals surface area contributed by atoms with Crippen LogP contribution < -0.4 is 10.6 Å². The molecule has 0 amide bonds. The Balaban J connectivity index is 1.73. The van der Waals surface area contributed by atoms with E-state index in [0.717, 1.165) is 50.5 Å². The first-order chi connectivity index (χ1) is 8.79. The third kappa shape index (κ3) is 3.65. The number of piperazine rings is 1. The van der Waals surface area contributed by atoms with Crippen molar-refractivity contribution < 1.29 is 0 Å². The average Bonchev–Trinajstić information content (AvgIpc) is 2.42. The smallest absolute Gasteiger partial charge is 0.148 e. The Hall–Kier alpha value is -1.20. The van der Waals surface area contributed by atoms with Gasteiger partial charge in [-0.1, -0.05) is 6.92 Å². The highest BCUT2D eigenvalue weighted by molar-refractivity contribution is 5.32. The maximum absolute atomic E-state index is 4.16. The number of hydrogen-bond acceptors (Lipinski definition) is 5. The predicted octanol–water partition coefficient (Wildman–Crippen LogP) is 0.745. The van der Waals surface area contributed by atoms with Crippen LogP contribution in [0.1, 0.15) is 19.0 Å². The zero-order valence-electron chi connectivity index (χ0n) is 11.3. The van der Waals surface area contributed by atoms with Crippen LogP contribution >= 0.6 is 0 Å². The summed E-state index contributed by atoms with van der Waals surface area (Å²) in [6.45, 7) is 6.35. The van der Waals surface area contributed by atoms with Crippen molar-refractivity contribution >= 4 is 5.82 Å². The van der Waals surface area contributed by atoms with E-state index in [-0.39, 0.29) is 0 Å². The van der Waals surface area contributed by atoms with Gasteiger partial charge in [-0.15, -0.1) is 5.10 Å². The molecular weight excluding hydrogens is 226 g/mol. The second-order valence-electron chi connectivity index (χ2n) is 4.82. The van der Waals surface area contributed by atoms with Gasteiger partial charge >= 0.3 is 0 Å². The molecule has 1 aliphatic rings. The normalized spacial score (nSPS) is 20.9. The average molecular weight is 249 g/mol. The molecule has 0 aromatic carbocycles. The molecular formula is C13H23N5. The Kier molecular flexibility index (Phi) is 4.90. The molecule has 2 heterocycles. The minimum atomic E-state index is 0.620. The van der Waals surface area contributed by atoms with E-state index in [2.05, 4.69) is 39.7 Å². The molecule has 1 aromatic rings. The molecule has 0 bridgehead atoms. The number of anilines is 1. The van der Waals surface area contributed by atoms with Crippen molar-refractivity contribution in [1.82, 2.24) is 20.4 Å². The summed E-state index contributed by atoms with van der Waals surface area (Å²) in [4.78, 5) is 2.42. The highest BCUT2D eigenvalue weighted by Gasteiger charge is 2.17. The summed E-state index contributed by atoms with van der Waals surface area (Å²) >= 11 is 0. The van der Waals surface area contributed by atoms with Crippen LogP contribution in [0.2, 0.25) is 0 Å². The van der Waals surface area contributed by atoms with Crippen LogP contribution in [0.3, 0.4) is 0 Å². The van der Waals surface area contributed by atoms with E-state index in [0.29, 0.717) is 6.04 Å². The molecule has 1 aliphatic heterocycles. The fourth-order valence-corrected chi connectivity index (χ4v) is 2.19. The molecule has 1 fully saturated rings. The van der Waals surface area contributed by atoms with Gasteiger partial charge in [0.1, 0.15) is 5.82 Å². The van der Waals surface area contributed by atoms with E-state index < -0.39 is 0 Å². The molecule has 1 unspecified atom stereocenters. The molecule has 100 valence electrons. The molecule has 5 nitrogen and oxygen atoms in total. The maximum Gasteiger partial charge on any atom is 0.148 e. The van der Waals surface area contributed by atoms with Gasteiger partial charge in [0.2, 0.25) is 0 Å². The van der Waals surface area contributed by atoms with E-state index in [1.54, 1.807) is 0 Å². The number of rotatable bonds is 5. The van der Waals surface area contributed by atoms with Crippen molar-refractivity contribution in [2.75, 3.05) is 38.5 Å². The van der Waals surface area contributed by atoms with Crippen molar-refractivity contribution in [3.8, 4) is 0 Å². The summed E-state index contributed by atoms with van der Waals surface area (Å²) in [5.41, 5.74) is 1.04. The number of nitrogens with zero attached hydrogens (tertiary/aromatic N) is 3. The standard InChI is InChI=1S/C13H23N5/c1-3-11-4-5-13(17-16-11)15-7-6-12-10-14-8-9-18(12)2/h4-5,12,14H,3,6-10H2,1-2H3,(H,15,17). The van der Waals surface area contributed by atoms with Gasteiger partial charge in [-0.25, -0.2) is 0 Å². The molecule has 0 spiro atoms. The fourth-order valence-electron chi connectivity index (χ4n) is 2.19. The van der Waals surface area contributed by atoms with E-state index in [4.69, 9.17) is 0 Å². The largest absolute Gasteiger partial charge is 0.369 e. The molecule has 2 rings (SSSR count). The van der Waals surface area contributed by atoms with Crippen LogP contribution in [-0.4, -0.2) is 54.4 Å². The highest BCUT2D eigenvalue weighted by Crippen LogP contribution is 2.06. The molecule has 1 saturated heterocycles. The van der Waals surface area contributed by atoms with Gasteiger partial charge in [0.15, 0.2) is 0 Å². The molecule has 0 saturated carbocycles. The van der Waals surface area contributed by atoms with E-state index in [1.807, 2.05) is 12.1 Å². The summed E-state index contributed by atoms with van der Waals surface area (Å²) in [6, 6.07) is 4.66. The highest BCUT2D eigenvalue weighted by atomic mass is 15.2. The van der Waals surface area contributed by atoms with Gasteiger partial charge in [-0.2, -0.15) is 5.10 Å². The molecule has 1 atom stereocenters. The minimum absolute atomic E-state index is 0.620. The molecule has 18 heavy (non-hydrogen) atoms. The van der Waals surface area contributed by atoms with E-state index in [9.17, 15) is 0 Å². The number of aromatic nitrogens is 2. The topological polar surface area (TPSA) is 53.1 Å². The molecule has 1 aromatic heterocycles. The lowest BCUT2D eigenvalue weighted by atomic mass is 10.1. The lowest BCUT2D eigenvalue weighted by Gasteiger charge is -2.33. The maximum atomic E-state index is 4.16. The SMILES string of the molecule is CCc1ccc(NCCC2CNCCN2C)nn1. The number of hydrogen-bond donors (Lipinski definition) is 2. The predicted molar refractivity (Wildman–Crippen MR) is 73.8 cm³/mol. The van der Waals surface area contributed by atoms with Gasteiger partial charge in [0.25, 0.3) is 0 Å². The molecule has 0 aliphatic carbocycles. The quantitative estimate of drug-likeness (QED) is 0.806. The van der Waals surface area contributed by atoms with Crippen LogP contribution in [0.25, 0.3) is 0 Å². The number of likely N-dealkylation sites (N-methyl/N-ethyl adjacent to an activating group) is 1. The Morgan fingerprint density at radius 1 is 1.44 bits per heavy atom. The lowest BCUT2D eigenvalue weighted by molar-refractivity contribution is 0.194. The number of nitrogens with one attached hydrogen (secondary N) is 2. The number of aryl methyl sites for hydroxylation is 1. The Bertz CT molecular complexity index is 351. The Labute approximate surface area is 109 Å². The van der Waals surface area contributed by atoms with Crippen LogP contribution in [0.5, 0.6) is 0 Å². The third-order valence-electron chi connectivity index (χ3n) is 3.51. The summed E-state index contributed by atoms with van der Waals surface area (Å²) in [7, 11) is 2.20. The van der Waals surface area contributed by atoms with Crippen LogP contribution in [0, 0.1) is 0 Å². The summed E-state index contributed by atoms with van der Waals surface area (Å²) in [5.74, 6) is 0.874. The molecule has 2 N–H and O–H groups in total. The first-order valence-corrected chi connectivity index (χ1v) is 6.77. The third-order valence-corrected chi connectivity index (χ3v) is 3.51. The van der Waals surface area contributed by atoms with Crippen LogP contribution in [-0.2, 0) is 6.42 Å². The minimum Gasteiger partial charge on any atom is -0.369 e. The monoisotopic (exact) mass is 249 g/mol. The van der Waals surface area contributed by atoms with Gasteiger partial charge < -0.3 is 15.5 Å². The molecule has 5 heteroatoms. The Morgan fingerprint density at radius 2 is 2.33 bits per heavy atom. The van der Waals surface area contributed by atoms with Gasteiger partial charge in [-0.05, 0) is 32.0 Å². The summed E-state index contributed by atoms with van der Waals surface area (Å²) in [6.07, 6.45) is 2.06. The Morgan fingerprint density at radius 3 is 3.00 bits per heavy atom. The second-order valence-corrected chi connectivity index (χ2v) is 4.82. The molecule has 0 radical (unpaired) electrons. The van der Waals surface area contributed by atoms with Crippen molar-refractivity contribution in [2.45, 2.75) is 25.8 Å². The van der Waals surface area contributed by atoms with Gasteiger partial charge in [-0.3, -0.25) is 0 Å². The lowest BCUT2D eigenvalue weighted by Crippen LogP contribution is -2.49. The van der Waals surface area contributed by atoms with E-state index >= 15 is 0 Å². The van der Waals surface area contributed by atoms with Crippen molar-refractivity contribution in [2.24, 2.45) is 0 Å². The van der Waals surface area contributed by atoms with E-state index in [1.165, 1.54) is 0 Å². The van der Waals surface area contributed by atoms with Crippen molar-refractivity contribution in [1.29, 1.82) is 0 Å². The van der Waals surface area contributed by atoms with Crippen LogP contribution in [0.4, 0.5) is 5.82 Å².